The van der Waals surface area contributed by atoms with Crippen molar-refractivity contribution in [2.24, 2.45) is 0 Å². The van der Waals surface area contributed by atoms with Crippen LogP contribution in [0, 0.1) is 0 Å². The lowest BCUT2D eigenvalue weighted by Crippen LogP contribution is -2.15. The monoisotopic (exact) mass is 407 g/mol. The van der Waals surface area contributed by atoms with Crippen molar-refractivity contribution in [3.63, 3.8) is 0 Å². The van der Waals surface area contributed by atoms with Gasteiger partial charge in [-0.2, -0.15) is 0 Å². The van der Waals surface area contributed by atoms with E-state index >= 15 is 0 Å². The molecule has 4 nitrogen and oxygen atoms in total. The lowest BCUT2D eigenvalue weighted by molar-refractivity contribution is 0.609. The van der Waals surface area contributed by atoms with Crippen molar-refractivity contribution in [1.29, 1.82) is 0 Å². The molecule has 3 aromatic rings. The van der Waals surface area contributed by atoms with Gasteiger partial charge in [-0.25, -0.2) is 4.98 Å². The van der Waals surface area contributed by atoms with Crippen LogP contribution in [0.15, 0.2) is 70.9 Å². The van der Waals surface area contributed by atoms with Crippen molar-refractivity contribution in [2.75, 3.05) is 5.75 Å². The molecule has 5 heteroatoms. The third-order valence-electron chi connectivity index (χ3n) is 4.89. The molecule has 0 unspecified atom stereocenters. The normalized spacial score (nSPS) is 10.9. The number of hydrogen-bond acceptors (Lipinski definition) is 4. The molecule has 2 aromatic heterocycles. The van der Waals surface area contributed by atoms with Crippen LogP contribution in [0.1, 0.15) is 55.3 Å². The lowest BCUT2D eigenvalue weighted by Gasteiger charge is -2.04. The molecule has 152 valence electrons. The number of thioether (sulfide) groups is 1. The number of aromatic amines is 1. The molecule has 0 radical (unpaired) electrons. The molecule has 3 rings (SSSR count). The number of H-pyrrole nitrogens is 1. The molecule has 2 heterocycles. The smallest absolute Gasteiger partial charge is 0.255 e. The van der Waals surface area contributed by atoms with Crippen molar-refractivity contribution in [3.05, 3.63) is 88.1 Å². The van der Waals surface area contributed by atoms with E-state index in [2.05, 4.69) is 45.3 Å². The molecule has 0 aliphatic rings. The van der Waals surface area contributed by atoms with Crippen LogP contribution in [0.4, 0.5) is 0 Å². The first-order valence-corrected chi connectivity index (χ1v) is 11.4. The Hall–Kier alpha value is -2.40. The number of aryl methyl sites for hydroxylation is 1. The van der Waals surface area contributed by atoms with Gasteiger partial charge in [0.1, 0.15) is 0 Å². The summed E-state index contributed by atoms with van der Waals surface area (Å²) in [5.74, 6) is 0.993. The van der Waals surface area contributed by atoms with Crippen LogP contribution in [-0.2, 0) is 12.8 Å². The Balaban J connectivity index is 1.27. The Morgan fingerprint density at radius 3 is 2.34 bits per heavy atom. The van der Waals surface area contributed by atoms with Gasteiger partial charge in [-0.1, -0.05) is 73.8 Å². The van der Waals surface area contributed by atoms with Crippen LogP contribution < -0.4 is 5.56 Å². The van der Waals surface area contributed by atoms with Crippen LogP contribution >= 0.6 is 11.8 Å². The predicted octanol–water partition coefficient (Wildman–Crippen LogP) is 5.43. The van der Waals surface area contributed by atoms with Gasteiger partial charge in [-0.3, -0.25) is 9.78 Å². The van der Waals surface area contributed by atoms with E-state index in [-0.39, 0.29) is 5.56 Å². The van der Waals surface area contributed by atoms with Crippen LogP contribution in [-0.4, -0.2) is 20.7 Å². The number of rotatable bonds is 12. The summed E-state index contributed by atoms with van der Waals surface area (Å²) in [6.45, 7) is 0. The Labute approximate surface area is 177 Å². The van der Waals surface area contributed by atoms with Gasteiger partial charge in [0.05, 0.1) is 0 Å². The second kappa shape index (κ2) is 12.2. The molecule has 0 fully saturated rings. The van der Waals surface area contributed by atoms with E-state index in [0.29, 0.717) is 17.1 Å². The van der Waals surface area contributed by atoms with Crippen molar-refractivity contribution >= 4 is 11.8 Å². The van der Waals surface area contributed by atoms with E-state index in [1.165, 1.54) is 44.1 Å². The van der Waals surface area contributed by atoms with Crippen molar-refractivity contribution < 1.29 is 0 Å². The zero-order valence-electron chi connectivity index (χ0n) is 16.8. The molecule has 0 aliphatic carbocycles. The molecule has 0 atom stereocenters. The lowest BCUT2D eigenvalue weighted by atomic mass is 10.1. The summed E-state index contributed by atoms with van der Waals surface area (Å²) in [7, 11) is 0. The van der Waals surface area contributed by atoms with E-state index in [1.807, 2.05) is 18.2 Å². The first kappa shape index (κ1) is 21.3. The van der Waals surface area contributed by atoms with E-state index in [9.17, 15) is 4.79 Å². The van der Waals surface area contributed by atoms with Gasteiger partial charge >= 0.3 is 0 Å². The molecule has 1 N–H and O–H groups in total. The maximum Gasteiger partial charge on any atom is 0.255 e. The summed E-state index contributed by atoms with van der Waals surface area (Å²) >= 11 is 1.63. The van der Waals surface area contributed by atoms with Crippen LogP contribution in [0.2, 0.25) is 0 Å². The fraction of sp³-hybridized carbons (Fsp3) is 0.375. The highest BCUT2D eigenvalue weighted by Gasteiger charge is 2.05. The van der Waals surface area contributed by atoms with Gasteiger partial charge in [0.15, 0.2) is 5.16 Å². The predicted molar refractivity (Wildman–Crippen MR) is 120 cm³/mol. The molecular formula is C24H29N3OS. The molecule has 0 saturated heterocycles. The summed E-state index contributed by atoms with van der Waals surface area (Å²) in [6, 6.07) is 16.4. The highest BCUT2D eigenvalue weighted by molar-refractivity contribution is 7.99. The van der Waals surface area contributed by atoms with Gasteiger partial charge in [0.2, 0.25) is 0 Å². The van der Waals surface area contributed by atoms with Gasteiger partial charge in [0, 0.05) is 35.8 Å². The van der Waals surface area contributed by atoms with Crippen molar-refractivity contribution in [3.8, 4) is 0 Å². The highest BCUT2D eigenvalue weighted by Crippen LogP contribution is 2.16. The average molecular weight is 408 g/mol. The molecule has 0 bridgehead atoms. The number of nitrogens with zero attached hydrogens (tertiary/aromatic N) is 2. The van der Waals surface area contributed by atoms with E-state index in [1.54, 1.807) is 24.2 Å². The zero-order valence-corrected chi connectivity index (χ0v) is 17.7. The minimum Gasteiger partial charge on any atom is -0.301 e. The summed E-state index contributed by atoms with van der Waals surface area (Å²) < 4.78 is 0. The summed E-state index contributed by atoms with van der Waals surface area (Å²) in [4.78, 5) is 23.8. The molecule has 29 heavy (non-hydrogen) atoms. The van der Waals surface area contributed by atoms with E-state index in [4.69, 9.17) is 0 Å². The standard InChI is InChI=1S/C24H29N3OS/c28-23-21(18-22-15-9-10-16-25-22)19-26-24(27-23)29-17-11-4-2-1-3-6-12-20-13-7-5-8-14-20/h5,7-10,13-16,19H,1-4,6,11-12,17-18H2,(H,26,27,28). The molecular weight excluding hydrogens is 378 g/mol. The van der Waals surface area contributed by atoms with Gasteiger partial charge < -0.3 is 4.98 Å². The zero-order chi connectivity index (χ0) is 20.2. The van der Waals surface area contributed by atoms with Gasteiger partial charge in [-0.15, -0.1) is 0 Å². The molecule has 0 aliphatic heterocycles. The molecule has 0 spiro atoms. The van der Waals surface area contributed by atoms with Crippen molar-refractivity contribution in [1.82, 2.24) is 15.0 Å². The number of hydrogen-bond donors (Lipinski definition) is 1. The third-order valence-corrected chi connectivity index (χ3v) is 5.86. The number of pyridine rings is 1. The number of unbranched alkanes of at least 4 members (excludes halogenated alkanes) is 5. The largest absolute Gasteiger partial charge is 0.301 e. The van der Waals surface area contributed by atoms with Crippen molar-refractivity contribution in [2.45, 2.75) is 56.5 Å². The molecule has 1 aromatic carbocycles. The van der Waals surface area contributed by atoms with Crippen LogP contribution in [0.25, 0.3) is 0 Å². The Bertz CT molecular complexity index is 897. The van der Waals surface area contributed by atoms with Gasteiger partial charge in [-0.05, 0) is 37.0 Å². The second-order valence-electron chi connectivity index (χ2n) is 7.25. The molecule has 0 amide bonds. The third kappa shape index (κ3) is 7.86. The minimum absolute atomic E-state index is 0.0634. The fourth-order valence-corrected chi connectivity index (χ4v) is 4.09. The Morgan fingerprint density at radius 2 is 1.59 bits per heavy atom. The number of benzene rings is 1. The Kier molecular flexibility index (Phi) is 8.98. The summed E-state index contributed by atoms with van der Waals surface area (Å²) in [6.07, 6.45) is 12.7. The second-order valence-corrected chi connectivity index (χ2v) is 8.33. The maximum atomic E-state index is 12.2. The van der Waals surface area contributed by atoms with Crippen LogP contribution in [0.3, 0.4) is 0 Å². The van der Waals surface area contributed by atoms with Crippen LogP contribution in [0.5, 0.6) is 0 Å². The number of aromatic nitrogens is 3. The number of nitrogens with one attached hydrogen (secondary N) is 1. The topological polar surface area (TPSA) is 58.6 Å². The highest BCUT2D eigenvalue weighted by atomic mass is 32.2. The maximum absolute atomic E-state index is 12.2. The Morgan fingerprint density at radius 1 is 0.828 bits per heavy atom. The summed E-state index contributed by atoms with van der Waals surface area (Å²) in [5.41, 5.74) is 2.91. The molecule has 0 saturated carbocycles. The van der Waals surface area contributed by atoms with E-state index < -0.39 is 0 Å². The first-order valence-electron chi connectivity index (χ1n) is 10.5. The quantitative estimate of drug-likeness (QED) is 0.247. The SMILES string of the molecule is O=c1[nH]c(SCCCCCCCCc2ccccc2)ncc1Cc1ccccn1. The summed E-state index contributed by atoms with van der Waals surface area (Å²) in [5, 5.41) is 0.711. The average Bonchev–Trinajstić information content (AvgIpc) is 2.76. The first-order chi connectivity index (χ1) is 14.3. The van der Waals surface area contributed by atoms with E-state index in [0.717, 1.165) is 17.9 Å². The van der Waals surface area contributed by atoms with Gasteiger partial charge in [0.25, 0.3) is 5.56 Å². The minimum atomic E-state index is -0.0634. The fourth-order valence-electron chi connectivity index (χ4n) is 3.25.